The highest BCUT2D eigenvalue weighted by atomic mass is 35.5. The average Bonchev–Trinajstić information content (AvgIpc) is 2.65. The van der Waals surface area contributed by atoms with E-state index in [-0.39, 0.29) is 0 Å². The van der Waals surface area contributed by atoms with Gasteiger partial charge in [-0.15, -0.1) is 0 Å². The number of anilines is 1. The summed E-state index contributed by atoms with van der Waals surface area (Å²) in [5, 5.41) is 17.3. The van der Waals surface area contributed by atoms with Gasteiger partial charge in [0.2, 0.25) is 0 Å². The van der Waals surface area contributed by atoms with Crippen molar-refractivity contribution in [2.24, 2.45) is 7.05 Å². The van der Waals surface area contributed by atoms with E-state index in [1.807, 2.05) is 32.3 Å². The highest BCUT2D eigenvalue weighted by Crippen LogP contribution is 2.23. The molecule has 0 bridgehead atoms. The standard InChI is InChI=1S/C13H13ClN4/c1-9-12(8-18(2)17-9)13(7-15)16-11-5-3-4-10(14)6-11/h3-6,8,13,16H,1-2H3. The van der Waals surface area contributed by atoms with Crippen molar-refractivity contribution in [2.45, 2.75) is 13.0 Å². The van der Waals surface area contributed by atoms with Crippen molar-refractivity contribution in [3.63, 3.8) is 0 Å². The molecular formula is C13H13ClN4. The Hall–Kier alpha value is -1.99. The average molecular weight is 261 g/mol. The predicted octanol–water partition coefficient (Wildman–Crippen LogP) is 3.06. The Kier molecular flexibility index (Phi) is 3.54. The van der Waals surface area contributed by atoms with Gasteiger partial charge in [0.15, 0.2) is 0 Å². The van der Waals surface area contributed by atoms with Gasteiger partial charge in [-0.3, -0.25) is 4.68 Å². The number of rotatable bonds is 3. The lowest BCUT2D eigenvalue weighted by Gasteiger charge is -2.12. The second-order valence-corrected chi connectivity index (χ2v) is 4.50. The highest BCUT2D eigenvalue weighted by Gasteiger charge is 2.15. The number of hydrogen-bond acceptors (Lipinski definition) is 3. The van der Waals surface area contributed by atoms with E-state index < -0.39 is 6.04 Å². The summed E-state index contributed by atoms with van der Waals surface area (Å²) in [6.45, 7) is 1.89. The molecule has 1 unspecified atom stereocenters. The lowest BCUT2D eigenvalue weighted by molar-refractivity contribution is 0.756. The van der Waals surface area contributed by atoms with Gasteiger partial charge in [-0.25, -0.2) is 0 Å². The maximum atomic E-state index is 9.26. The third-order valence-electron chi connectivity index (χ3n) is 2.63. The Labute approximate surface area is 111 Å². The van der Waals surface area contributed by atoms with Crippen molar-refractivity contribution < 1.29 is 0 Å². The summed E-state index contributed by atoms with van der Waals surface area (Å²) in [6.07, 6.45) is 1.85. The minimum absolute atomic E-state index is 0.433. The van der Waals surface area contributed by atoms with Gasteiger partial charge in [0.1, 0.15) is 6.04 Å². The Bertz CT molecular complexity index is 597. The molecular weight excluding hydrogens is 248 g/mol. The SMILES string of the molecule is Cc1nn(C)cc1C(C#N)Nc1cccc(Cl)c1. The molecule has 0 radical (unpaired) electrons. The molecule has 1 aromatic heterocycles. The summed E-state index contributed by atoms with van der Waals surface area (Å²) >= 11 is 5.91. The van der Waals surface area contributed by atoms with Gasteiger partial charge in [0.25, 0.3) is 0 Å². The first-order valence-electron chi connectivity index (χ1n) is 5.52. The van der Waals surface area contributed by atoms with Gasteiger partial charge in [0, 0.05) is 29.5 Å². The second-order valence-electron chi connectivity index (χ2n) is 4.06. The third kappa shape index (κ3) is 2.63. The summed E-state index contributed by atoms with van der Waals surface area (Å²) in [4.78, 5) is 0. The van der Waals surface area contributed by atoms with Crippen LogP contribution in [0.4, 0.5) is 5.69 Å². The van der Waals surface area contributed by atoms with E-state index in [9.17, 15) is 5.26 Å². The van der Waals surface area contributed by atoms with E-state index in [4.69, 9.17) is 11.6 Å². The van der Waals surface area contributed by atoms with E-state index in [1.165, 1.54) is 0 Å². The largest absolute Gasteiger partial charge is 0.366 e. The normalized spacial score (nSPS) is 11.9. The fraction of sp³-hybridized carbons (Fsp3) is 0.231. The Morgan fingerprint density at radius 3 is 2.83 bits per heavy atom. The van der Waals surface area contributed by atoms with Crippen LogP contribution in [0.15, 0.2) is 30.5 Å². The van der Waals surface area contributed by atoms with Crippen LogP contribution in [0.2, 0.25) is 5.02 Å². The molecule has 0 amide bonds. The minimum Gasteiger partial charge on any atom is -0.366 e. The first kappa shape index (κ1) is 12.5. The summed E-state index contributed by atoms with van der Waals surface area (Å²) in [6, 6.07) is 9.10. The zero-order chi connectivity index (χ0) is 13.1. The lowest BCUT2D eigenvalue weighted by Crippen LogP contribution is -2.08. The summed E-state index contributed by atoms with van der Waals surface area (Å²) in [7, 11) is 1.84. The maximum Gasteiger partial charge on any atom is 0.143 e. The fourth-order valence-electron chi connectivity index (χ4n) is 1.83. The first-order valence-corrected chi connectivity index (χ1v) is 5.90. The van der Waals surface area contributed by atoms with E-state index in [0.717, 1.165) is 16.9 Å². The molecule has 5 heteroatoms. The Morgan fingerprint density at radius 2 is 2.28 bits per heavy atom. The smallest absolute Gasteiger partial charge is 0.143 e. The zero-order valence-corrected chi connectivity index (χ0v) is 10.9. The van der Waals surface area contributed by atoms with Gasteiger partial charge in [0.05, 0.1) is 11.8 Å². The van der Waals surface area contributed by atoms with Crippen molar-refractivity contribution in [3.8, 4) is 6.07 Å². The number of nitriles is 1. The van der Waals surface area contributed by atoms with Crippen LogP contribution in [0.25, 0.3) is 0 Å². The molecule has 4 nitrogen and oxygen atoms in total. The molecule has 1 aromatic carbocycles. The van der Waals surface area contributed by atoms with Crippen molar-refractivity contribution >= 4 is 17.3 Å². The third-order valence-corrected chi connectivity index (χ3v) is 2.86. The molecule has 1 N–H and O–H groups in total. The van der Waals surface area contributed by atoms with Crippen LogP contribution in [0, 0.1) is 18.3 Å². The molecule has 18 heavy (non-hydrogen) atoms. The van der Waals surface area contributed by atoms with Crippen molar-refractivity contribution in [2.75, 3.05) is 5.32 Å². The van der Waals surface area contributed by atoms with Crippen LogP contribution in [0.1, 0.15) is 17.3 Å². The minimum atomic E-state index is -0.433. The van der Waals surface area contributed by atoms with Crippen LogP contribution in [0.5, 0.6) is 0 Å². The second kappa shape index (κ2) is 5.11. The molecule has 0 aliphatic carbocycles. The quantitative estimate of drug-likeness (QED) is 0.923. The van der Waals surface area contributed by atoms with Crippen LogP contribution < -0.4 is 5.32 Å². The molecule has 0 saturated carbocycles. The van der Waals surface area contributed by atoms with Crippen LogP contribution >= 0.6 is 11.6 Å². The number of hydrogen-bond donors (Lipinski definition) is 1. The molecule has 1 heterocycles. The van der Waals surface area contributed by atoms with E-state index in [1.54, 1.807) is 16.8 Å². The molecule has 0 aliphatic heterocycles. The van der Waals surface area contributed by atoms with Gasteiger partial charge in [-0.1, -0.05) is 17.7 Å². The van der Waals surface area contributed by atoms with E-state index in [0.29, 0.717) is 5.02 Å². The highest BCUT2D eigenvalue weighted by molar-refractivity contribution is 6.30. The summed E-state index contributed by atoms with van der Waals surface area (Å²) in [5.41, 5.74) is 2.54. The van der Waals surface area contributed by atoms with Crippen LogP contribution in [-0.4, -0.2) is 9.78 Å². The van der Waals surface area contributed by atoms with Gasteiger partial charge in [-0.2, -0.15) is 10.4 Å². The van der Waals surface area contributed by atoms with Crippen molar-refractivity contribution in [3.05, 3.63) is 46.7 Å². The molecule has 2 aromatic rings. The number of nitrogens with one attached hydrogen (secondary N) is 1. The molecule has 0 aliphatic rings. The summed E-state index contributed by atoms with van der Waals surface area (Å²) < 4.78 is 1.70. The number of halogens is 1. The Balaban J connectivity index is 2.26. The maximum absolute atomic E-state index is 9.26. The topological polar surface area (TPSA) is 53.6 Å². The Morgan fingerprint density at radius 1 is 1.50 bits per heavy atom. The molecule has 2 rings (SSSR count). The monoisotopic (exact) mass is 260 g/mol. The van der Waals surface area contributed by atoms with E-state index in [2.05, 4.69) is 16.5 Å². The van der Waals surface area contributed by atoms with E-state index >= 15 is 0 Å². The number of benzene rings is 1. The summed E-state index contributed by atoms with van der Waals surface area (Å²) in [5.74, 6) is 0. The molecule has 0 fully saturated rings. The predicted molar refractivity (Wildman–Crippen MR) is 71.4 cm³/mol. The molecule has 92 valence electrons. The molecule has 0 spiro atoms. The lowest BCUT2D eigenvalue weighted by atomic mass is 10.1. The van der Waals surface area contributed by atoms with Crippen molar-refractivity contribution in [1.82, 2.24) is 9.78 Å². The number of nitrogens with zero attached hydrogens (tertiary/aromatic N) is 3. The van der Waals surface area contributed by atoms with Crippen LogP contribution in [0.3, 0.4) is 0 Å². The van der Waals surface area contributed by atoms with Gasteiger partial charge in [-0.05, 0) is 25.1 Å². The zero-order valence-electron chi connectivity index (χ0n) is 10.2. The fourth-order valence-corrected chi connectivity index (χ4v) is 2.02. The molecule has 0 saturated heterocycles. The van der Waals surface area contributed by atoms with Crippen molar-refractivity contribution in [1.29, 1.82) is 5.26 Å². The number of aryl methyl sites for hydroxylation is 2. The first-order chi connectivity index (χ1) is 8.60. The van der Waals surface area contributed by atoms with Crippen LogP contribution in [-0.2, 0) is 7.05 Å². The number of aromatic nitrogens is 2. The van der Waals surface area contributed by atoms with Gasteiger partial charge >= 0.3 is 0 Å². The van der Waals surface area contributed by atoms with Gasteiger partial charge < -0.3 is 5.32 Å². The molecule has 1 atom stereocenters.